The van der Waals surface area contributed by atoms with Gasteiger partial charge in [-0.15, -0.1) is 0 Å². The molecule has 0 amide bonds. The summed E-state index contributed by atoms with van der Waals surface area (Å²) >= 11 is 0. The Kier molecular flexibility index (Phi) is 7.03. The van der Waals surface area contributed by atoms with Gasteiger partial charge in [0.15, 0.2) is 0 Å². The Bertz CT molecular complexity index is 760. The highest BCUT2D eigenvalue weighted by Crippen LogP contribution is 2.52. The van der Waals surface area contributed by atoms with Gasteiger partial charge in [-0.1, -0.05) is 79.4 Å². The summed E-state index contributed by atoms with van der Waals surface area (Å²) in [5.41, 5.74) is 0. The second kappa shape index (κ2) is 9.68. The van der Waals surface area contributed by atoms with Crippen molar-refractivity contribution in [2.24, 2.45) is 5.92 Å². The molecular weight excluding hydrogens is 375 g/mol. The van der Waals surface area contributed by atoms with E-state index in [2.05, 4.69) is 13.8 Å². The quantitative estimate of drug-likeness (QED) is 0.352. The van der Waals surface area contributed by atoms with Crippen LogP contribution in [0.15, 0.2) is 91.0 Å². The van der Waals surface area contributed by atoms with Gasteiger partial charge in [0.1, 0.15) is 17.2 Å². The SMILES string of the molecule is CC(C)C[SH]=P(Oc1ccccc1)(Oc1ccccc1)Oc1ccccc1. The van der Waals surface area contributed by atoms with Gasteiger partial charge in [-0.2, -0.15) is 0 Å². The Labute approximate surface area is 165 Å². The molecule has 0 fully saturated rings. The Morgan fingerprint density at radius 2 is 0.963 bits per heavy atom. The van der Waals surface area contributed by atoms with Gasteiger partial charge in [-0.05, 0) is 48.1 Å². The van der Waals surface area contributed by atoms with Crippen LogP contribution in [0.5, 0.6) is 17.2 Å². The molecule has 3 aromatic carbocycles. The fourth-order valence-corrected chi connectivity index (χ4v) is 7.17. The normalized spacial score (nSPS) is 11.2. The van der Waals surface area contributed by atoms with Gasteiger partial charge in [0.25, 0.3) is 0 Å². The van der Waals surface area contributed by atoms with Crippen molar-refractivity contribution < 1.29 is 13.6 Å². The third-order valence-corrected chi connectivity index (χ3v) is 8.34. The van der Waals surface area contributed by atoms with Crippen molar-refractivity contribution in [2.45, 2.75) is 13.8 Å². The zero-order valence-electron chi connectivity index (χ0n) is 15.6. The van der Waals surface area contributed by atoms with Crippen LogP contribution >= 0.6 is 6.72 Å². The van der Waals surface area contributed by atoms with Gasteiger partial charge in [0.05, 0.1) is 0 Å². The van der Waals surface area contributed by atoms with Crippen LogP contribution in [0.3, 0.4) is 0 Å². The van der Waals surface area contributed by atoms with Crippen molar-refractivity contribution in [3.8, 4) is 17.2 Å². The Morgan fingerprint density at radius 1 is 0.630 bits per heavy atom. The average molecular weight is 400 g/mol. The first-order valence-corrected chi connectivity index (χ1v) is 12.3. The highest BCUT2D eigenvalue weighted by molar-refractivity contribution is 8.18. The Morgan fingerprint density at radius 3 is 1.26 bits per heavy atom. The summed E-state index contributed by atoms with van der Waals surface area (Å²) in [5.74, 6) is 3.65. The molecule has 3 rings (SSSR count). The van der Waals surface area contributed by atoms with E-state index < -0.39 is 6.72 Å². The summed E-state index contributed by atoms with van der Waals surface area (Å²) in [6.07, 6.45) is 0. The van der Waals surface area contributed by atoms with Crippen LogP contribution in [-0.2, 0) is 10.9 Å². The number of thiol groups is 1. The monoisotopic (exact) mass is 400 g/mol. The molecule has 0 saturated carbocycles. The van der Waals surface area contributed by atoms with Crippen molar-refractivity contribution in [2.75, 3.05) is 5.75 Å². The van der Waals surface area contributed by atoms with E-state index >= 15 is 0 Å². The largest absolute Gasteiger partial charge is 0.443 e. The molecule has 0 aliphatic carbocycles. The molecule has 0 N–H and O–H groups in total. The minimum atomic E-state index is -2.74. The van der Waals surface area contributed by atoms with Crippen LogP contribution in [-0.4, -0.2) is 5.75 Å². The molecule has 3 nitrogen and oxygen atoms in total. The van der Waals surface area contributed by atoms with Crippen molar-refractivity contribution >= 4 is 17.7 Å². The van der Waals surface area contributed by atoms with E-state index in [4.69, 9.17) is 13.6 Å². The molecule has 0 saturated heterocycles. The fourth-order valence-electron chi connectivity index (χ4n) is 2.25. The van der Waals surface area contributed by atoms with Gasteiger partial charge in [0.2, 0.25) is 0 Å². The first-order valence-electron chi connectivity index (χ1n) is 8.97. The average Bonchev–Trinajstić information content (AvgIpc) is 2.69. The summed E-state index contributed by atoms with van der Waals surface area (Å²) in [6.45, 7) is 1.64. The third kappa shape index (κ3) is 6.20. The van der Waals surface area contributed by atoms with Crippen molar-refractivity contribution in [1.29, 1.82) is 0 Å². The number of para-hydroxylation sites is 3. The second-order valence-electron chi connectivity index (χ2n) is 6.40. The maximum absolute atomic E-state index is 6.41. The predicted molar refractivity (Wildman–Crippen MR) is 117 cm³/mol. The number of benzene rings is 3. The lowest BCUT2D eigenvalue weighted by atomic mass is 10.3. The molecule has 0 atom stereocenters. The highest BCUT2D eigenvalue weighted by atomic mass is 32.5. The molecule has 0 heterocycles. The van der Waals surface area contributed by atoms with E-state index in [1.54, 1.807) is 0 Å². The molecule has 0 aromatic heterocycles. The Balaban J connectivity index is 2.02. The van der Waals surface area contributed by atoms with E-state index in [0.717, 1.165) is 33.9 Å². The molecule has 0 bridgehead atoms. The van der Waals surface area contributed by atoms with Crippen molar-refractivity contribution in [1.82, 2.24) is 0 Å². The molecular formula is C22H25O3PS. The summed E-state index contributed by atoms with van der Waals surface area (Å²) in [4.78, 5) is 0. The first kappa shape index (κ1) is 19.6. The van der Waals surface area contributed by atoms with Crippen LogP contribution in [0.25, 0.3) is 0 Å². The molecule has 0 spiro atoms. The molecule has 27 heavy (non-hydrogen) atoms. The summed E-state index contributed by atoms with van der Waals surface area (Å²) in [5, 5.41) is 0. The minimum absolute atomic E-state index is 0.504. The van der Waals surface area contributed by atoms with Crippen molar-refractivity contribution in [3.05, 3.63) is 91.0 Å². The van der Waals surface area contributed by atoms with Gasteiger partial charge >= 0.3 is 6.72 Å². The van der Waals surface area contributed by atoms with Gasteiger partial charge in [0, 0.05) is 0 Å². The molecule has 0 aliphatic heterocycles. The van der Waals surface area contributed by atoms with Crippen LogP contribution < -0.4 is 13.6 Å². The lowest BCUT2D eigenvalue weighted by Gasteiger charge is -2.27. The summed E-state index contributed by atoms with van der Waals surface area (Å²) < 4.78 is 19.2. The maximum atomic E-state index is 6.41. The Hall–Kier alpha value is -2.16. The third-order valence-electron chi connectivity index (χ3n) is 3.51. The zero-order valence-corrected chi connectivity index (χ0v) is 17.4. The van der Waals surface area contributed by atoms with E-state index in [-0.39, 0.29) is 0 Å². The number of hydrogen-bond acceptors (Lipinski definition) is 3. The molecule has 0 unspecified atom stereocenters. The topological polar surface area (TPSA) is 27.7 Å². The predicted octanol–water partition coefficient (Wildman–Crippen LogP) is 6.37. The van der Waals surface area contributed by atoms with E-state index in [9.17, 15) is 0 Å². The van der Waals surface area contributed by atoms with Crippen LogP contribution in [0.4, 0.5) is 0 Å². The maximum Gasteiger partial charge on any atom is 0.443 e. The van der Waals surface area contributed by atoms with Crippen LogP contribution in [0, 0.1) is 5.92 Å². The van der Waals surface area contributed by atoms with Gasteiger partial charge in [-0.3, -0.25) is 0 Å². The highest BCUT2D eigenvalue weighted by Gasteiger charge is 2.27. The molecule has 0 aliphatic rings. The number of rotatable bonds is 8. The molecule has 5 heteroatoms. The van der Waals surface area contributed by atoms with Crippen molar-refractivity contribution in [3.63, 3.8) is 0 Å². The summed E-state index contributed by atoms with van der Waals surface area (Å²) in [7, 11) is 1.00. The molecule has 142 valence electrons. The van der Waals surface area contributed by atoms with E-state index in [1.165, 1.54) is 0 Å². The van der Waals surface area contributed by atoms with Gasteiger partial charge in [-0.25, -0.2) is 0 Å². The smallest absolute Gasteiger partial charge is 0.411 e. The standard InChI is InChI=1S/C22H25O3PS/c1-19(2)18-27-26(23-20-12-6-3-7-13-20,24-21-14-8-4-9-15-21)25-22-16-10-5-11-17-22/h3-17,19,27H,18H2,1-2H3. The lowest BCUT2D eigenvalue weighted by Crippen LogP contribution is -2.11. The first-order chi connectivity index (χ1) is 13.2. The number of hydrogen-bond donors (Lipinski definition) is 1. The van der Waals surface area contributed by atoms with Crippen LogP contribution in [0.2, 0.25) is 0 Å². The fraction of sp³-hybridized carbons (Fsp3) is 0.182. The van der Waals surface area contributed by atoms with E-state index in [0.29, 0.717) is 5.92 Å². The summed E-state index contributed by atoms with van der Waals surface area (Å²) in [6, 6.07) is 29.2. The van der Waals surface area contributed by atoms with E-state index in [1.807, 2.05) is 91.0 Å². The molecule has 0 radical (unpaired) electrons. The lowest BCUT2D eigenvalue weighted by molar-refractivity contribution is 0.383. The minimum Gasteiger partial charge on any atom is -0.411 e. The molecule has 3 aromatic rings. The zero-order chi connectivity index (χ0) is 19.0. The second-order valence-corrected chi connectivity index (χ2v) is 10.9. The van der Waals surface area contributed by atoms with Gasteiger partial charge < -0.3 is 13.6 Å². The van der Waals surface area contributed by atoms with Crippen LogP contribution in [0.1, 0.15) is 13.8 Å².